The van der Waals surface area contributed by atoms with Gasteiger partial charge in [-0.25, -0.2) is 4.79 Å². The summed E-state index contributed by atoms with van der Waals surface area (Å²) < 4.78 is 0. The van der Waals surface area contributed by atoms with Gasteiger partial charge in [0.2, 0.25) is 0 Å². The molecule has 0 spiro atoms. The molecule has 3 rings (SSSR count). The molecule has 1 heterocycles. The quantitative estimate of drug-likeness (QED) is 0.786. The van der Waals surface area contributed by atoms with Gasteiger partial charge in [-0.2, -0.15) is 0 Å². The van der Waals surface area contributed by atoms with Gasteiger partial charge in [0.25, 0.3) is 0 Å². The molecule has 1 aromatic carbocycles. The number of hydrogen-bond acceptors (Lipinski definition) is 3. The molecule has 1 aliphatic carbocycles. The molecule has 5 nitrogen and oxygen atoms in total. The number of piperidine rings is 1. The van der Waals surface area contributed by atoms with Crippen molar-refractivity contribution >= 4 is 6.03 Å². The van der Waals surface area contributed by atoms with E-state index in [0.29, 0.717) is 6.04 Å². The molecular formula is C20H31N3O2. The lowest BCUT2D eigenvalue weighted by atomic mass is 9.93. The summed E-state index contributed by atoms with van der Waals surface area (Å²) in [4.78, 5) is 14.7. The van der Waals surface area contributed by atoms with Gasteiger partial charge in [-0.3, -0.25) is 4.90 Å². The molecule has 1 aromatic rings. The molecule has 1 unspecified atom stereocenters. The molecule has 5 heteroatoms. The zero-order valence-electron chi connectivity index (χ0n) is 15.2. The molecule has 1 atom stereocenters. The zero-order valence-corrected chi connectivity index (χ0v) is 15.2. The SMILES string of the molecule is CC(c1ccccc1)N1CCC(NC(=O)NC2CCC(O)CC2)CC1. The lowest BCUT2D eigenvalue weighted by molar-refractivity contribution is 0.116. The van der Waals surface area contributed by atoms with Gasteiger partial charge in [-0.05, 0) is 51.0 Å². The molecule has 138 valence electrons. The molecule has 0 bridgehead atoms. The number of likely N-dealkylation sites (tertiary alicyclic amines) is 1. The smallest absolute Gasteiger partial charge is 0.315 e. The van der Waals surface area contributed by atoms with Gasteiger partial charge in [-0.15, -0.1) is 0 Å². The van der Waals surface area contributed by atoms with Crippen molar-refractivity contribution in [3.63, 3.8) is 0 Å². The van der Waals surface area contributed by atoms with Crippen LogP contribution >= 0.6 is 0 Å². The third-order valence-corrected chi connectivity index (χ3v) is 5.73. The Labute approximate surface area is 150 Å². The fourth-order valence-corrected chi connectivity index (χ4v) is 4.01. The van der Waals surface area contributed by atoms with E-state index in [1.54, 1.807) is 0 Å². The van der Waals surface area contributed by atoms with Crippen molar-refractivity contribution in [2.75, 3.05) is 13.1 Å². The van der Waals surface area contributed by atoms with Crippen LogP contribution in [0.5, 0.6) is 0 Å². The normalized spacial score (nSPS) is 26.8. The van der Waals surface area contributed by atoms with Crippen LogP contribution in [0.15, 0.2) is 30.3 Å². The molecule has 0 radical (unpaired) electrons. The number of hydrogen-bond donors (Lipinski definition) is 3. The lowest BCUT2D eigenvalue weighted by Gasteiger charge is -2.36. The van der Waals surface area contributed by atoms with Crippen molar-refractivity contribution in [1.82, 2.24) is 15.5 Å². The van der Waals surface area contributed by atoms with Gasteiger partial charge in [0.1, 0.15) is 0 Å². The van der Waals surface area contributed by atoms with Crippen LogP contribution in [0, 0.1) is 0 Å². The van der Waals surface area contributed by atoms with E-state index in [4.69, 9.17) is 0 Å². The van der Waals surface area contributed by atoms with Crippen LogP contribution in [0.1, 0.15) is 57.1 Å². The number of carbonyl (C=O) groups is 1. The average molecular weight is 345 g/mol. The number of rotatable bonds is 4. The van der Waals surface area contributed by atoms with E-state index in [-0.39, 0.29) is 24.2 Å². The highest BCUT2D eigenvalue weighted by Gasteiger charge is 2.26. The molecular weight excluding hydrogens is 314 g/mol. The Hall–Kier alpha value is -1.59. The minimum absolute atomic E-state index is 0.0454. The van der Waals surface area contributed by atoms with Gasteiger partial charge in [0, 0.05) is 31.2 Å². The predicted molar refractivity (Wildman–Crippen MR) is 99.4 cm³/mol. The molecule has 2 amide bonds. The molecule has 1 saturated carbocycles. The second-order valence-corrected chi connectivity index (χ2v) is 7.52. The van der Waals surface area contributed by atoms with Gasteiger partial charge in [0.05, 0.1) is 6.10 Å². The summed E-state index contributed by atoms with van der Waals surface area (Å²) >= 11 is 0. The van der Waals surface area contributed by atoms with Crippen molar-refractivity contribution < 1.29 is 9.90 Å². The van der Waals surface area contributed by atoms with E-state index in [2.05, 4.69) is 52.8 Å². The van der Waals surface area contributed by atoms with E-state index in [1.165, 1.54) is 5.56 Å². The van der Waals surface area contributed by atoms with Crippen LogP contribution in [0.2, 0.25) is 0 Å². The average Bonchev–Trinajstić information content (AvgIpc) is 2.64. The topological polar surface area (TPSA) is 64.6 Å². The number of urea groups is 1. The zero-order chi connectivity index (χ0) is 17.6. The Morgan fingerprint density at radius 3 is 2.16 bits per heavy atom. The van der Waals surface area contributed by atoms with Crippen LogP contribution in [0.25, 0.3) is 0 Å². The summed E-state index contributed by atoms with van der Waals surface area (Å²) in [5.41, 5.74) is 1.35. The molecule has 25 heavy (non-hydrogen) atoms. The maximum atomic E-state index is 12.2. The fraction of sp³-hybridized carbons (Fsp3) is 0.650. The Morgan fingerprint density at radius 1 is 1.00 bits per heavy atom. The Kier molecular flexibility index (Phi) is 6.32. The van der Waals surface area contributed by atoms with Crippen LogP contribution in [-0.2, 0) is 0 Å². The highest BCUT2D eigenvalue weighted by Crippen LogP contribution is 2.24. The summed E-state index contributed by atoms with van der Waals surface area (Å²) in [7, 11) is 0. The molecule has 1 aliphatic heterocycles. The minimum Gasteiger partial charge on any atom is -0.393 e. The van der Waals surface area contributed by atoms with Crippen LogP contribution in [0.4, 0.5) is 4.79 Å². The monoisotopic (exact) mass is 345 g/mol. The van der Waals surface area contributed by atoms with Gasteiger partial charge < -0.3 is 15.7 Å². The van der Waals surface area contributed by atoms with E-state index >= 15 is 0 Å². The fourth-order valence-electron chi connectivity index (χ4n) is 4.01. The van der Waals surface area contributed by atoms with Crippen LogP contribution < -0.4 is 10.6 Å². The number of aliphatic hydroxyl groups excluding tert-OH is 1. The predicted octanol–water partition coefficient (Wildman–Crippen LogP) is 2.81. The van der Waals surface area contributed by atoms with Crippen molar-refractivity contribution in [3.8, 4) is 0 Å². The van der Waals surface area contributed by atoms with Crippen LogP contribution in [0.3, 0.4) is 0 Å². The third kappa shape index (κ3) is 5.19. The highest BCUT2D eigenvalue weighted by atomic mass is 16.3. The second-order valence-electron chi connectivity index (χ2n) is 7.52. The summed E-state index contributed by atoms with van der Waals surface area (Å²) in [6, 6.07) is 11.4. The maximum absolute atomic E-state index is 12.2. The molecule has 2 fully saturated rings. The third-order valence-electron chi connectivity index (χ3n) is 5.73. The van der Waals surface area contributed by atoms with E-state index in [0.717, 1.165) is 51.6 Å². The summed E-state index contributed by atoms with van der Waals surface area (Å²) in [5.74, 6) is 0. The van der Waals surface area contributed by atoms with Crippen molar-refractivity contribution in [2.45, 2.75) is 69.7 Å². The first kappa shape index (κ1) is 18.2. The number of carbonyl (C=O) groups excluding carboxylic acids is 1. The van der Waals surface area contributed by atoms with E-state index in [9.17, 15) is 9.90 Å². The number of aliphatic hydroxyl groups is 1. The number of benzene rings is 1. The molecule has 3 N–H and O–H groups in total. The van der Waals surface area contributed by atoms with Crippen molar-refractivity contribution in [2.24, 2.45) is 0 Å². The van der Waals surface area contributed by atoms with Gasteiger partial charge >= 0.3 is 6.03 Å². The largest absolute Gasteiger partial charge is 0.393 e. The number of nitrogens with one attached hydrogen (secondary N) is 2. The first-order valence-electron chi connectivity index (χ1n) is 9.66. The lowest BCUT2D eigenvalue weighted by Crippen LogP contribution is -2.51. The maximum Gasteiger partial charge on any atom is 0.315 e. The number of amides is 2. The molecule has 0 aromatic heterocycles. The Balaban J connectivity index is 1.39. The minimum atomic E-state index is -0.183. The van der Waals surface area contributed by atoms with E-state index < -0.39 is 0 Å². The van der Waals surface area contributed by atoms with E-state index in [1.807, 2.05) is 0 Å². The van der Waals surface area contributed by atoms with Gasteiger partial charge in [-0.1, -0.05) is 30.3 Å². The first-order chi connectivity index (χ1) is 12.1. The second kappa shape index (κ2) is 8.68. The first-order valence-corrected chi connectivity index (χ1v) is 9.66. The van der Waals surface area contributed by atoms with Crippen LogP contribution in [-0.4, -0.2) is 47.3 Å². The summed E-state index contributed by atoms with van der Waals surface area (Å²) in [6.07, 6.45) is 5.14. The van der Waals surface area contributed by atoms with Crippen molar-refractivity contribution in [3.05, 3.63) is 35.9 Å². The summed E-state index contributed by atoms with van der Waals surface area (Å²) in [6.45, 7) is 4.28. The summed E-state index contributed by atoms with van der Waals surface area (Å²) in [5, 5.41) is 15.8. The standard InChI is InChI=1S/C20H31N3O2/c1-15(16-5-3-2-4-6-16)23-13-11-18(12-14-23)22-20(25)21-17-7-9-19(24)10-8-17/h2-6,15,17-19,24H,7-14H2,1H3,(H2,21,22,25). The highest BCUT2D eigenvalue weighted by molar-refractivity contribution is 5.74. The van der Waals surface area contributed by atoms with Gasteiger partial charge in [0.15, 0.2) is 0 Å². The molecule has 1 saturated heterocycles. The Bertz CT molecular complexity index is 535. The Morgan fingerprint density at radius 2 is 1.56 bits per heavy atom. The number of nitrogens with zero attached hydrogens (tertiary/aromatic N) is 1. The van der Waals surface area contributed by atoms with Crippen molar-refractivity contribution in [1.29, 1.82) is 0 Å². The molecule has 2 aliphatic rings.